The molecule has 1 aliphatic rings. The van der Waals surface area contributed by atoms with Crippen LogP contribution in [0.15, 0.2) is 54.6 Å². The highest BCUT2D eigenvalue weighted by Gasteiger charge is 2.24. The third-order valence-corrected chi connectivity index (χ3v) is 4.65. The molecule has 1 fully saturated rings. The van der Waals surface area contributed by atoms with E-state index in [1.807, 2.05) is 35.2 Å². The van der Waals surface area contributed by atoms with Crippen molar-refractivity contribution in [3.8, 4) is 0 Å². The number of halogens is 1. The quantitative estimate of drug-likeness (QED) is 0.801. The minimum atomic E-state index is -0.372. The van der Waals surface area contributed by atoms with Crippen molar-refractivity contribution in [2.24, 2.45) is 0 Å². The summed E-state index contributed by atoms with van der Waals surface area (Å²) in [5, 5.41) is 3.47. The van der Waals surface area contributed by atoms with Crippen LogP contribution >= 0.6 is 0 Å². The van der Waals surface area contributed by atoms with E-state index < -0.39 is 0 Å². The standard InChI is InChI=1S/C21H23FN2O2/c22-17-10-8-16(9-11-17)20(25)12-13-21(26)24-14-4-7-19(15-24)23-18-5-2-1-3-6-18/h1-3,5-6,8-11,19,23H,4,7,12-15H2/t19-/m0/s1. The van der Waals surface area contributed by atoms with E-state index in [0.29, 0.717) is 12.1 Å². The Hall–Kier alpha value is -2.69. The van der Waals surface area contributed by atoms with Crippen LogP contribution in [0, 0.1) is 5.82 Å². The third-order valence-electron chi connectivity index (χ3n) is 4.65. The van der Waals surface area contributed by atoms with Crippen LogP contribution in [0.25, 0.3) is 0 Å². The van der Waals surface area contributed by atoms with Gasteiger partial charge >= 0.3 is 0 Å². The zero-order chi connectivity index (χ0) is 18.4. The van der Waals surface area contributed by atoms with E-state index in [2.05, 4.69) is 5.32 Å². The van der Waals surface area contributed by atoms with Gasteiger partial charge in [-0.3, -0.25) is 9.59 Å². The number of carbonyl (C=O) groups excluding carboxylic acids is 2. The Balaban J connectivity index is 1.49. The molecular weight excluding hydrogens is 331 g/mol. The maximum absolute atomic E-state index is 12.9. The number of carbonyl (C=O) groups is 2. The van der Waals surface area contributed by atoms with Gasteiger partial charge in [-0.25, -0.2) is 4.39 Å². The molecule has 5 heteroatoms. The lowest BCUT2D eigenvalue weighted by molar-refractivity contribution is -0.132. The first-order chi connectivity index (χ1) is 12.6. The van der Waals surface area contributed by atoms with Gasteiger partial charge in [0.15, 0.2) is 5.78 Å². The first-order valence-corrected chi connectivity index (χ1v) is 9.00. The van der Waals surface area contributed by atoms with E-state index in [4.69, 9.17) is 0 Å². The highest BCUT2D eigenvalue weighted by molar-refractivity contribution is 5.97. The predicted octanol–water partition coefficient (Wildman–Crippen LogP) is 3.89. The van der Waals surface area contributed by atoms with Gasteiger partial charge in [0.25, 0.3) is 0 Å². The number of hydrogen-bond acceptors (Lipinski definition) is 3. The number of nitrogens with one attached hydrogen (secondary N) is 1. The van der Waals surface area contributed by atoms with Gasteiger partial charge in [-0.15, -0.1) is 0 Å². The number of ketones is 1. The van der Waals surface area contributed by atoms with Crippen molar-refractivity contribution in [2.75, 3.05) is 18.4 Å². The van der Waals surface area contributed by atoms with E-state index in [9.17, 15) is 14.0 Å². The monoisotopic (exact) mass is 354 g/mol. The molecule has 1 atom stereocenters. The molecule has 0 aromatic heterocycles. The average Bonchev–Trinajstić information content (AvgIpc) is 2.67. The largest absolute Gasteiger partial charge is 0.381 e. The van der Waals surface area contributed by atoms with Crippen molar-refractivity contribution < 1.29 is 14.0 Å². The molecule has 0 radical (unpaired) electrons. The summed E-state index contributed by atoms with van der Waals surface area (Å²) in [5.41, 5.74) is 1.50. The van der Waals surface area contributed by atoms with E-state index in [0.717, 1.165) is 25.1 Å². The summed E-state index contributed by atoms with van der Waals surface area (Å²) in [4.78, 5) is 26.5. The van der Waals surface area contributed by atoms with Gasteiger partial charge in [0.1, 0.15) is 5.82 Å². The van der Waals surface area contributed by atoms with Gasteiger partial charge in [0, 0.05) is 43.2 Å². The summed E-state index contributed by atoms with van der Waals surface area (Å²) in [6.07, 6.45) is 2.31. The Morgan fingerprint density at radius 2 is 1.77 bits per heavy atom. The van der Waals surface area contributed by atoms with Crippen molar-refractivity contribution in [1.82, 2.24) is 4.90 Å². The molecule has 2 aromatic carbocycles. The first kappa shape index (κ1) is 18.1. The van der Waals surface area contributed by atoms with Crippen LogP contribution in [0.5, 0.6) is 0 Å². The minimum Gasteiger partial charge on any atom is -0.381 e. The van der Waals surface area contributed by atoms with Crippen LogP contribution in [-0.2, 0) is 4.79 Å². The van der Waals surface area contributed by atoms with Gasteiger partial charge < -0.3 is 10.2 Å². The molecule has 0 unspecified atom stereocenters. The van der Waals surface area contributed by atoms with Crippen molar-refractivity contribution in [1.29, 1.82) is 0 Å². The van der Waals surface area contributed by atoms with Crippen molar-refractivity contribution in [2.45, 2.75) is 31.7 Å². The zero-order valence-corrected chi connectivity index (χ0v) is 14.7. The fraction of sp³-hybridized carbons (Fsp3) is 0.333. The lowest BCUT2D eigenvalue weighted by Crippen LogP contribution is -2.45. The van der Waals surface area contributed by atoms with Crippen LogP contribution in [0.2, 0.25) is 0 Å². The summed E-state index contributed by atoms with van der Waals surface area (Å²) < 4.78 is 12.9. The van der Waals surface area contributed by atoms with Gasteiger partial charge in [-0.2, -0.15) is 0 Å². The SMILES string of the molecule is O=C(CCC(=O)N1CCC[C@H](Nc2ccccc2)C1)c1ccc(F)cc1. The van der Waals surface area contributed by atoms with E-state index >= 15 is 0 Å². The number of nitrogens with zero attached hydrogens (tertiary/aromatic N) is 1. The topological polar surface area (TPSA) is 49.4 Å². The predicted molar refractivity (Wildman–Crippen MR) is 99.6 cm³/mol. The van der Waals surface area contributed by atoms with E-state index in [1.54, 1.807) is 0 Å². The Labute approximate surface area is 153 Å². The fourth-order valence-electron chi connectivity index (χ4n) is 3.25. The van der Waals surface area contributed by atoms with Crippen LogP contribution in [0.3, 0.4) is 0 Å². The third kappa shape index (κ3) is 4.91. The Morgan fingerprint density at radius 3 is 2.50 bits per heavy atom. The Morgan fingerprint density at radius 1 is 1.04 bits per heavy atom. The second-order valence-corrected chi connectivity index (χ2v) is 6.62. The maximum Gasteiger partial charge on any atom is 0.223 e. The Kier molecular flexibility index (Phi) is 6.00. The molecule has 0 spiro atoms. The molecule has 1 amide bonds. The zero-order valence-electron chi connectivity index (χ0n) is 14.7. The number of Topliss-reactive ketones (excluding diaryl/α,β-unsaturated/α-hetero) is 1. The summed E-state index contributed by atoms with van der Waals surface area (Å²) in [7, 11) is 0. The van der Waals surface area contributed by atoms with Crippen LogP contribution < -0.4 is 5.32 Å². The van der Waals surface area contributed by atoms with E-state index in [-0.39, 0.29) is 36.4 Å². The molecule has 136 valence electrons. The van der Waals surface area contributed by atoms with Gasteiger partial charge in [0.05, 0.1) is 0 Å². The molecule has 26 heavy (non-hydrogen) atoms. The van der Waals surface area contributed by atoms with Crippen molar-refractivity contribution in [3.05, 3.63) is 66.0 Å². The molecular formula is C21H23FN2O2. The first-order valence-electron chi connectivity index (χ1n) is 9.00. The molecule has 0 aliphatic carbocycles. The molecule has 3 rings (SSSR count). The van der Waals surface area contributed by atoms with Crippen LogP contribution in [0.4, 0.5) is 10.1 Å². The molecule has 0 saturated carbocycles. The molecule has 1 saturated heterocycles. The number of anilines is 1. The van der Waals surface area contributed by atoms with Crippen LogP contribution in [0.1, 0.15) is 36.0 Å². The number of benzene rings is 2. The lowest BCUT2D eigenvalue weighted by atomic mass is 10.0. The Bertz CT molecular complexity index is 746. The fourth-order valence-corrected chi connectivity index (χ4v) is 3.25. The maximum atomic E-state index is 12.9. The van der Waals surface area contributed by atoms with Crippen molar-refractivity contribution in [3.63, 3.8) is 0 Å². The highest BCUT2D eigenvalue weighted by atomic mass is 19.1. The molecule has 2 aromatic rings. The second kappa shape index (κ2) is 8.61. The minimum absolute atomic E-state index is 0.0000216. The number of likely N-dealkylation sites (tertiary alicyclic amines) is 1. The second-order valence-electron chi connectivity index (χ2n) is 6.62. The number of rotatable bonds is 6. The van der Waals surface area contributed by atoms with Gasteiger partial charge in [-0.05, 0) is 49.2 Å². The number of amides is 1. The van der Waals surface area contributed by atoms with E-state index in [1.165, 1.54) is 24.3 Å². The molecule has 1 aliphatic heterocycles. The highest BCUT2D eigenvalue weighted by Crippen LogP contribution is 2.17. The molecule has 0 bridgehead atoms. The summed E-state index contributed by atoms with van der Waals surface area (Å²) in [6, 6.07) is 15.6. The smallest absolute Gasteiger partial charge is 0.223 e. The number of hydrogen-bond donors (Lipinski definition) is 1. The molecule has 4 nitrogen and oxygen atoms in total. The lowest BCUT2D eigenvalue weighted by Gasteiger charge is -2.33. The summed E-state index contributed by atoms with van der Waals surface area (Å²) >= 11 is 0. The van der Waals surface area contributed by atoms with Gasteiger partial charge in [0.2, 0.25) is 5.91 Å². The average molecular weight is 354 g/mol. The number of piperidine rings is 1. The summed E-state index contributed by atoms with van der Waals surface area (Å²) in [6.45, 7) is 1.38. The normalized spacial score (nSPS) is 17.0. The molecule has 1 N–H and O–H groups in total. The number of para-hydroxylation sites is 1. The van der Waals surface area contributed by atoms with Gasteiger partial charge in [-0.1, -0.05) is 18.2 Å². The molecule has 1 heterocycles. The summed E-state index contributed by atoms with van der Waals surface area (Å²) in [5.74, 6) is -0.503. The van der Waals surface area contributed by atoms with Crippen molar-refractivity contribution >= 4 is 17.4 Å². The van der Waals surface area contributed by atoms with Crippen LogP contribution in [-0.4, -0.2) is 35.7 Å².